The molecule has 0 N–H and O–H groups in total. The zero-order valence-electron chi connectivity index (χ0n) is 13.0. The Morgan fingerprint density at radius 2 is 1.88 bits per heavy atom. The molecule has 0 aliphatic heterocycles. The predicted octanol–water partition coefficient (Wildman–Crippen LogP) is 3.92. The molecule has 1 aromatic rings. The van der Waals surface area contributed by atoms with Gasteiger partial charge in [-0.05, 0) is 23.6 Å². The van der Waals surface area contributed by atoms with Gasteiger partial charge in [-0.15, -0.1) is 0 Å². The van der Waals surface area contributed by atoms with Crippen LogP contribution in [0.15, 0.2) is 35.4 Å². The number of esters is 1. The highest BCUT2D eigenvalue weighted by molar-refractivity contribution is 5.90. The highest BCUT2D eigenvalue weighted by Gasteiger charge is 2.20. The molecule has 0 radical (unpaired) electrons. The Labute approximate surface area is 137 Å². The summed E-state index contributed by atoms with van der Waals surface area (Å²) in [6.45, 7) is 1.85. The van der Waals surface area contributed by atoms with Gasteiger partial charge in [0.15, 0.2) is 11.6 Å². The second kappa shape index (κ2) is 7.79. The first kappa shape index (κ1) is 17.8. The van der Waals surface area contributed by atoms with E-state index >= 15 is 0 Å². The molecular formula is C18H15F3O3. The van der Waals surface area contributed by atoms with Crippen molar-refractivity contribution in [3.8, 4) is 0 Å². The van der Waals surface area contributed by atoms with Crippen LogP contribution in [0.5, 0.6) is 0 Å². The Morgan fingerprint density at radius 1 is 1.17 bits per heavy atom. The Hall–Kier alpha value is -2.59. The lowest BCUT2D eigenvalue weighted by atomic mass is 9.89. The highest BCUT2D eigenvalue weighted by Crippen LogP contribution is 2.32. The SMILES string of the molecule is CCCC(=O)OCC1=CC=C(c2cc(F)c(F)cc2F)C(=C=O)C1. The van der Waals surface area contributed by atoms with Crippen LogP contribution in [-0.4, -0.2) is 18.5 Å². The van der Waals surface area contributed by atoms with Crippen LogP contribution < -0.4 is 0 Å². The van der Waals surface area contributed by atoms with Crippen LogP contribution in [0.2, 0.25) is 0 Å². The van der Waals surface area contributed by atoms with E-state index in [0.717, 1.165) is 0 Å². The first-order chi connectivity index (χ1) is 11.5. The molecule has 1 aromatic carbocycles. The topological polar surface area (TPSA) is 43.4 Å². The lowest BCUT2D eigenvalue weighted by Crippen LogP contribution is -2.10. The van der Waals surface area contributed by atoms with Crippen molar-refractivity contribution in [1.82, 2.24) is 0 Å². The lowest BCUT2D eigenvalue weighted by molar-refractivity contribution is -0.142. The summed E-state index contributed by atoms with van der Waals surface area (Å²) in [5, 5.41) is 0. The molecule has 24 heavy (non-hydrogen) atoms. The molecule has 0 heterocycles. The number of hydrogen-bond acceptors (Lipinski definition) is 3. The zero-order chi connectivity index (χ0) is 17.7. The fourth-order valence-corrected chi connectivity index (χ4v) is 2.30. The van der Waals surface area contributed by atoms with Gasteiger partial charge in [-0.1, -0.05) is 19.1 Å². The standard InChI is InChI=1S/C18H15F3O3/c1-2-3-18(23)24-10-11-4-5-13(12(6-11)9-22)14-7-16(20)17(21)8-15(14)19/h4-5,7-8H,2-3,6,10H2,1H3. The zero-order valence-corrected chi connectivity index (χ0v) is 13.0. The summed E-state index contributed by atoms with van der Waals surface area (Å²) in [7, 11) is 0. The van der Waals surface area contributed by atoms with E-state index < -0.39 is 17.5 Å². The third-order valence-corrected chi connectivity index (χ3v) is 3.51. The molecular weight excluding hydrogens is 321 g/mol. The van der Waals surface area contributed by atoms with Crippen molar-refractivity contribution in [2.75, 3.05) is 6.61 Å². The van der Waals surface area contributed by atoms with Crippen molar-refractivity contribution in [3.05, 3.63) is 58.4 Å². The molecule has 0 saturated carbocycles. The van der Waals surface area contributed by atoms with Gasteiger partial charge < -0.3 is 4.74 Å². The maximum atomic E-state index is 13.9. The molecule has 6 heteroatoms. The maximum absolute atomic E-state index is 13.9. The van der Waals surface area contributed by atoms with Gasteiger partial charge in [-0.25, -0.2) is 18.0 Å². The first-order valence-electron chi connectivity index (χ1n) is 7.40. The van der Waals surface area contributed by atoms with E-state index in [1.165, 1.54) is 6.08 Å². The molecule has 0 spiro atoms. The Kier molecular flexibility index (Phi) is 5.77. The summed E-state index contributed by atoms with van der Waals surface area (Å²) >= 11 is 0. The van der Waals surface area contributed by atoms with Gasteiger partial charge in [0.05, 0.1) is 0 Å². The number of carbonyl (C=O) groups is 1. The van der Waals surface area contributed by atoms with Gasteiger partial charge in [-0.2, -0.15) is 0 Å². The van der Waals surface area contributed by atoms with Crippen LogP contribution in [-0.2, 0) is 14.3 Å². The van der Waals surface area contributed by atoms with Crippen LogP contribution >= 0.6 is 0 Å². The minimum absolute atomic E-state index is 0.00799. The van der Waals surface area contributed by atoms with Crippen LogP contribution in [0.25, 0.3) is 5.57 Å². The molecule has 0 saturated heterocycles. The van der Waals surface area contributed by atoms with Gasteiger partial charge in [0.1, 0.15) is 18.4 Å². The summed E-state index contributed by atoms with van der Waals surface area (Å²) in [6.07, 6.45) is 4.02. The first-order valence-corrected chi connectivity index (χ1v) is 7.40. The Balaban J connectivity index is 2.27. The number of allylic oxidation sites excluding steroid dienone is 4. The van der Waals surface area contributed by atoms with Crippen LogP contribution in [0.3, 0.4) is 0 Å². The fraction of sp³-hybridized carbons (Fsp3) is 0.278. The molecule has 3 nitrogen and oxygen atoms in total. The van der Waals surface area contributed by atoms with Crippen molar-refractivity contribution in [2.24, 2.45) is 0 Å². The van der Waals surface area contributed by atoms with Crippen molar-refractivity contribution in [1.29, 1.82) is 0 Å². The second-order valence-electron chi connectivity index (χ2n) is 5.32. The van der Waals surface area contributed by atoms with Crippen molar-refractivity contribution in [2.45, 2.75) is 26.2 Å². The normalized spacial score (nSPS) is 13.9. The lowest BCUT2D eigenvalue weighted by Gasteiger charge is -2.17. The van der Waals surface area contributed by atoms with Crippen LogP contribution in [0.1, 0.15) is 31.7 Å². The van der Waals surface area contributed by atoms with E-state index in [2.05, 4.69) is 0 Å². The van der Waals surface area contributed by atoms with Crippen LogP contribution in [0, 0.1) is 17.5 Å². The van der Waals surface area contributed by atoms with Crippen molar-refractivity contribution in [3.63, 3.8) is 0 Å². The smallest absolute Gasteiger partial charge is 0.306 e. The van der Waals surface area contributed by atoms with Crippen LogP contribution in [0.4, 0.5) is 13.2 Å². The van der Waals surface area contributed by atoms with Gasteiger partial charge in [0.2, 0.25) is 0 Å². The molecule has 0 amide bonds. The quantitative estimate of drug-likeness (QED) is 0.465. The monoisotopic (exact) mass is 336 g/mol. The van der Waals surface area contributed by atoms with Gasteiger partial charge in [0, 0.05) is 30.0 Å². The molecule has 0 aromatic heterocycles. The molecule has 2 rings (SSSR count). The Bertz CT molecular complexity index is 772. The fourth-order valence-electron chi connectivity index (χ4n) is 2.30. The average Bonchev–Trinajstić information content (AvgIpc) is 2.56. The van der Waals surface area contributed by atoms with E-state index in [1.807, 2.05) is 6.92 Å². The number of halogens is 3. The molecule has 0 bridgehead atoms. The number of ether oxygens (including phenoxy) is 1. The van der Waals surface area contributed by atoms with Gasteiger partial charge in [-0.3, -0.25) is 4.79 Å². The third-order valence-electron chi connectivity index (χ3n) is 3.51. The summed E-state index contributed by atoms with van der Waals surface area (Å²) in [6, 6.07) is 1.13. The molecule has 1 aliphatic rings. The van der Waals surface area contributed by atoms with Gasteiger partial charge >= 0.3 is 5.97 Å². The van der Waals surface area contributed by atoms with Gasteiger partial charge in [0.25, 0.3) is 0 Å². The second-order valence-corrected chi connectivity index (χ2v) is 5.32. The molecule has 0 unspecified atom stereocenters. The van der Waals surface area contributed by atoms with Crippen molar-refractivity contribution >= 4 is 17.5 Å². The summed E-state index contributed by atoms with van der Waals surface area (Å²) in [4.78, 5) is 22.5. The van der Waals surface area contributed by atoms with Crippen molar-refractivity contribution < 1.29 is 27.5 Å². The summed E-state index contributed by atoms with van der Waals surface area (Å²) in [5.41, 5.74) is 0.629. The van der Waals surface area contributed by atoms with E-state index in [1.54, 1.807) is 12.0 Å². The minimum Gasteiger partial charge on any atom is -0.461 e. The number of hydrogen-bond donors (Lipinski definition) is 0. The third kappa shape index (κ3) is 4.03. The van der Waals surface area contributed by atoms with E-state index in [9.17, 15) is 22.8 Å². The number of rotatable bonds is 5. The van der Waals surface area contributed by atoms with E-state index in [4.69, 9.17) is 4.74 Å². The number of carbonyl (C=O) groups excluding carboxylic acids is 2. The minimum atomic E-state index is -1.30. The molecule has 0 fully saturated rings. The average molecular weight is 336 g/mol. The van der Waals surface area contributed by atoms with E-state index in [0.29, 0.717) is 30.5 Å². The highest BCUT2D eigenvalue weighted by atomic mass is 19.2. The largest absolute Gasteiger partial charge is 0.461 e. The number of benzene rings is 1. The summed E-state index contributed by atoms with van der Waals surface area (Å²) in [5.74, 6) is -2.14. The molecule has 126 valence electrons. The summed E-state index contributed by atoms with van der Waals surface area (Å²) < 4.78 is 45.3. The molecule has 0 atom stereocenters. The maximum Gasteiger partial charge on any atom is 0.306 e. The predicted molar refractivity (Wildman–Crippen MR) is 82.1 cm³/mol. The van der Waals surface area contributed by atoms with E-state index in [-0.39, 0.29) is 35.7 Å². The Morgan fingerprint density at radius 3 is 2.54 bits per heavy atom. The molecule has 1 aliphatic carbocycles.